The second-order valence-corrected chi connectivity index (χ2v) is 8.12. The Balaban J connectivity index is 1.57. The van der Waals surface area contributed by atoms with E-state index in [0.29, 0.717) is 5.69 Å². The summed E-state index contributed by atoms with van der Waals surface area (Å²) in [5, 5.41) is 2.58. The number of hydrogen-bond donors (Lipinski definition) is 1. The van der Waals surface area contributed by atoms with Crippen LogP contribution in [-0.2, 0) is 28.5 Å². The van der Waals surface area contributed by atoms with Crippen LogP contribution < -0.4 is 5.32 Å². The Morgan fingerprint density at radius 3 is 2.37 bits per heavy atom. The number of rotatable bonds is 2. The number of carbonyl (C=O) groups excluding carboxylic acids is 1. The Bertz CT molecular complexity index is 772. The standard InChI is InChI=1S/C18H21ClFNO6/c1-17(2)24-11-12(25-17)14-16(27-18(3,4)26-14)23-13(11)15(22)21-8-5-6-10(20)9(19)7-8/h5-7,11-14,16H,1-4H3,(H,21,22)/t11-,12-,13-,14-,16+/m1/s1. The molecule has 1 aromatic carbocycles. The van der Waals surface area contributed by atoms with Crippen molar-refractivity contribution in [1.82, 2.24) is 0 Å². The highest BCUT2D eigenvalue weighted by molar-refractivity contribution is 6.31. The minimum Gasteiger partial charge on any atom is -0.342 e. The summed E-state index contributed by atoms with van der Waals surface area (Å²) in [6.45, 7) is 7.05. The molecule has 9 heteroatoms. The Hall–Kier alpha value is -1.29. The molecular weight excluding hydrogens is 381 g/mol. The maximum Gasteiger partial charge on any atom is 0.256 e. The molecule has 0 radical (unpaired) electrons. The molecular formula is C18H21ClFNO6. The first-order valence-electron chi connectivity index (χ1n) is 8.67. The molecule has 3 fully saturated rings. The van der Waals surface area contributed by atoms with E-state index in [2.05, 4.69) is 5.32 Å². The van der Waals surface area contributed by atoms with Crippen LogP contribution in [0.3, 0.4) is 0 Å². The minimum absolute atomic E-state index is 0.0915. The third-order valence-corrected chi connectivity index (χ3v) is 4.89. The molecule has 3 aliphatic heterocycles. The topological polar surface area (TPSA) is 75.3 Å². The first-order chi connectivity index (χ1) is 12.5. The molecule has 1 amide bonds. The van der Waals surface area contributed by atoms with Crippen molar-refractivity contribution in [2.75, 3.05) is 5.32 Å². The summed E-state index contributed by atoms with van der Waals surface area (Å²) in [7, 11) is 0. The van der Waals surface area contributed by atoms with Gasteiger partial charge >= 0.3 is 0 Å². The van der Waals surface area contributed by atoms with E-state index in [4.69, 9.17) is 35.3 Å². The van der Waals surface area contributed by atoms with Gasteiger partial charge in [0.15, 0.2) is 24.0 Å². The maximum atomic E-state index is 13.3. The van der Waals surface area contributed by atoms with Crippen molar-refractivity contribution in [2.24, 2.45) is 0 Å². The van der Waals surface area contributed by atoms with E-state index < -0.39 is 54.0 Å². The predicted octanol–water partition coefficient (Wildman–Crippen LogP) is 2.81. The molecule has 0 spiro atoms. The van der Waals surface area contributed by atoms with Gasteiger partial charge < -0.3 is 29.0 Å². The van der Waals surface area contributed by atoms with Crippen LogP contribution in [0.4, 0.5) is 10.1 Å². The zero-order chi connectivity index (χ0) is 19.6. The van der Waals surface area contributed by atoms with Crippen molar-refractivity contribution in [2.45, 2.75) is 70.0 Å². The van der Waals surface area contributed by atoms with E-state index in [9.17, 15) is 9.18 Å². The van der Waals surface area contributed by atoms with E-state index in [1.165, 1.54) is 18.2 Å². The minimum atomic E-state index is -1.00. The van der Waals surface area contributed by atoms with Crippen molar-refractivity contribution in [3.63, 3.8) is 0 Å². The molecule has 5 atom stereocenters. The molecule has 1 N–H and O–H groups in total. The molecule has 3 aliphatic rings. The van der Waals surface area contributed by atoms with Gasteiger partial charge in [0.1, 0.15) is 24.1 Å². The molecule has 0 saturated carbocycles. The van der Waals surface area contributed by atoms with Crippen molar-refractivity contribution < 1.29 is 32.9 Å². The monoisotopic (exact) mass is 401 g/mol. The zero-order valence-electron chi connectivity index (χ0n) is 15.3. The number of hydrogen-bond acceptors (Lipinski definition) is 6. The summed E-state index contributed by atoms with van der Waals surface area (Å²) >= 11 is 5.78. The number of nitrogens with one attached hydrogen (secondary N) is 1. The summed E-state index contributed by atoms with van der Waals surface area (Å²) < 4.78 is 42.7. The molecule has 1 aromatic rings. The zero-order valence-corrected chi connectivity index (χ0v) is 16.1. The van der Waals surface area contributed by atoms with Gasteiger partial charge in [-0.2, -0.15) is 0 Å². The average molecular weight is 402 g/mol. The Morgan fingerprint density at radius 1 is 1.04 bits per heavy atom. The summed E-state index contributed by atoms with van der Waals surface area (Å²) in [4.78, 5) is 12.9. The van der Waals surface area contributed by atoms with Gasteiger partial charge in [-0.05, 0) is 45.9 Å². The normalized spacial score (nSPS) is 36.1. The van der Waals surface area contributed by atoms with Gasteiger partial charge in [0.25, 0.3) is 5.91 Å². The van der Waals surface area contributed by atoms with Crippen molar-refractivity contribution in [1.29, 1.82) is 0 Å². The first-order valence-corrected chi connectivity index (χ1v) is 9.05. The fraction of sp³-hybridized carbons (Fsp3) is 0.611. The van der Waals surface area contributed by atoms with Crippen LogP contribution in [0.25, 0.3) is 0 Å². The maximum absolute atomic E-state index is 13.3. The quantitative estimate of drug-likeness (QED) is 0.821. The van der Waals surface area contributed by atoms with Crippen molar-refractivity contribution in [3.8, 4) is 0 Å². The van der Waals surface area contributed by atoms with Crippen molar-refractivity contribution >= 4 is 23.2 Å². The summed E-state index contributed by atoms with van der Waals surface area (Å²) in [5.41, 5.74) is 0.343. The van der Waals surface area contributed by atoms with E-state index in [1.807, 2.05) is 0 Å². The van der Waals surface area contributed by atoms with E-state index in [-0.39, 0.29) is 5.02 Å². The Morgan fingerprint density at radius 2 is 1.67 bits per heavy atom. The lowest BCUT2D eigenvalue weighted by atomic mass is 9.98. The molecule has 0 unspecified atom stereocenters. The van der Waals surface area contributed by atoms with E-state index >= 15 is 0 Å². The van der Waals surface area contributed by atoms with Crippen LogP contribution in [0.2, 0.25) is 5.02 Å². The fourth-order valence-corrected chi connectivity index (χ4v) is 3.79. The highest BCUT2D eigenvalue weighted by atomic mass is 35.5. The predicted molar refractivity (Wildman–Crippen MR) is 92.6 cm³/mol. The molecule has 3 heterocycles. The highest BCUT2D eigenvalue weighted by Gasteiger charge is 2.62. The number of anilines is 1. The van der Waals surface area contributed by atoms with Crippen LogP contribution in [-0.4, -0.2) is 48.2 Å². The number of benzene rings is 1. The molecule has 3 saturated heterocycles. The van der Waals surface area contributed by atoms with Gasteiger partial charge in [-0.25, -0.2) is 4.39 Å². The van der Waals surface area contributed by atoms with Crippen LogP contribution in [0, 0.1) is 5.82 Å². The molecule has 4 rings (SSSR count). The SMILES string of the molecule is CC1(C)O[C@@H]2[C@@H](O1)[C@H](C(=O)Nc1ccc(F)c(Cl)c1)O[C@H]1OC(C)(C)O[C@@H]12. The fourth-order valence-electron chi connectivity index (χ4n) is 3.61. The summed E-state index contributed by atoms with van der Waals surface area (Å²) in [6, 6.07) is 3.91. The average Bonchev–Trinajstić information content (AvgIpc) is 3.04. The molecule has 0 aliphatic carbocycles. The highest BCUT2D eigenvalue weighted by Crippen LogP contribution is 2.44. The number of amides is 1. The lowest BCUT2D eigenvalue weighted by Crippen LogP contribution is -2.58. The van der Waals surface area contributed by atoms with Gasteiger partial charge in [-0.1, -0.05) is 11.6 Å². The van der Waals surface area contributed by atoms with Gasteiger partial charge in [0.05, 0.1) is 5.02 Å². The second-order valence-electron chi connectivity index (χ2n) is 7.71. The van der Waals surface area contributed by atoms with Gasteiger partial charge in [-0.15, -0.1) is 0 Å². The molecule has 0 aromatic heterocycles. The molecule has 7 nitrogen and oxygen atoms in total. The lowest BCUT2D eigenvalue weighted by molar-refractivity contribution is -0.229. The lowest BCUT2D eigenvalue weighted by Gasteiger charge is -2.36. The van der Waals surface area contributed by atoms with Crippen LogP contribution >= 0.6 is 11.6 Å². The van der Waals surface area contributed by atoms with Crippen LogP contribution in [0.1, 0.15) is 27.7 Å². The summed E-state index contributed by atoms with van der Waals surface area (Å²) in [6.07, 6.45) is -3.51. The van der Waals surface area contributed by atoms with Crippen LogP contribution in [0.5, 0.6) is 0 Å². The number of carbonyl (C=O) groups is 1. The van der Waals surface area contributed by atoms with E-state index in [0.717, 1.165) is 0 Å². The number of ether oxygens (including phenoxy) is 5. The van der Waals surface area contributed by atoms with Gasteiger partial charge in [0, 0.05) is 5.69 Å². The summed E-state index contributed by atoms with van der Waals surface area (Å²) in [5.74, 6) is -2.81. The molecule has 0 bridgehead atoms. The Labute approximate surface area is 161 Å². The van der Waals surface area contributed by atoms with Crippen molar-refractivity contribution in [3.05, 3.63) is 29.0 Å². The van der Waals surface area contributed by atoms with E-state index in [1.54, 1.807) is 27.7 Å². The van der Waals surface area contributed by atoms with Gasteiger partial charge in [0.2, 0.25) is 0 Å². The molecule has 148 valence electrons. The van der Waals surface area contributed by atoms with Gasteiger partial charge in [-0.3, -0.25) is 4.79 Å². The third-order valence-electron chi connectivity index (χ3n) is 4.60. The molecule has 27 heavy (non-hydrogen) atoms. The third kappa shape index (κ3) is 3.57. The smallest absolute Gasteiger partial charge is 0.256 e. The second kappa shape index (κ2) is 6.37. The number of halogens is 2. The Kier molecular flexibility index (Phi) is 4.49. The largest absolute Gasteiger partial charge is 0.342 e. The van der Waals surface area contributed by atoms with Crippen LogP contribution in [0.15, 0.2) is 18.2 Å². The number of fused-ring (bicyclic) bond motifs is 3. The first kappa shape index (κ1) is 19.0.